The monoisotopic (exact) mass is 621 g/mol. The molecule has 0 radical (unpaired) electrons. The van der Waals surface area contributed by atoms with Gasteiger partial charge in [0, 0.05) is 13.7 Å². The molecule has 0 saturated carbocycles. The lowest BCUT2D eigenvalue weighted by molar-refractivity contribution is -0.0671. The highest BCUT2D eigenvalue weighted by molar-refractivity contribution is 5.90. The largest absolute Gasteiger partial charge is 0.459 e. The van der Waals surface area contributed by atoms with E-state index >= 15 is 0 Å². The highest BCUT2D eigenvalue weighted by Gasteiger charge is 2.50. The summed E-state index contributed by atoms with van der Waals surface area (Å²) in [6.07, 6.45) is -4.87. The molecule has 3 aliphatic rings. The van der Waals surface area contributed by atoms with Crippen molar-refractivity contribution < 1.29 is 28.5 Å². The number of carbonyl (C=O) groups excluding carboxylic acids is 2. The van der Waals surface area contributed by atoms with E-state index in [0.717, 1.165) is 4.57 Å². The molecular weight excluding hydrogens is 594 g/mol. The maximum Gasteiger partial charge on any atom is 0.354 e. The first-order valence-electron chi connectivity index (χ1n) is 14.4. The molecule has 3 aromatic rings. The van der Waals surface area contributed by atoms with Gasteiger partial charge in [-0.2, -0.15) is 10.2 Å². The summed E-state index contributed by atoms with van der Waals surface area (Å²) in [5, 5.41) is 9.23. The van der Waals surface area contributed by atoms with Gasteiger partial charge >= 0.3 is 17.6 Å². The first kappa shape index (κ1) is 30.3. The Morgan fingerprint density at radius 3 is 2.22 bits per heavy atom. The number of aromatic nitrogens is 4. The number of hydrogen-bond donors (Lipinski definition) is 0. The molecule has 0 unspecified atom stereocenters. The van der Waals surface area contributed by atoms with E-state index in [1.54, 1.807) is 89.5 Å². The summed E-state index contributed by atoms with van der Waals surface area (Å²) >= 11 is 0. The van der Waals surface area contributed by atoms with Crippen molar-refractivity contribution in [3.8, 4) is 17.6 Å². The second-order valence-electron chi connectivity index (χ2n) is 10.4. The topological polar surface area (TPSA) is 165 Å². The molecule has 3 aliphatic heterocycles. The maximum absolute atomic E-state index is 14.0. The Kier molecular flexibility index (Phi) is 8.64. The van der Waals surface area contributed by atoms with Gasteiger partial charge in [0.25, 0.3) is 5.56 Å². The van der Waals surface area contributed by atoms with Crippen LogP contribution in [-0.4, -0.2) is 63.1 Å². The van der Waals surface area contributed by atoms with Gasteiger partial charge in [-0.05, 0) is 36.4 Å². The zero-order chi connectivity index (χ0) is 32.2. The molecule has 0 amide bonds. The van der Waals surface area contributed by atoms with Gasteiger partial charge in [0.15, 0.2) is 23.9 Å². The Bertz CT molecular complexity index is 2020. The van der Waals surface area contributed by atoms with Crippen LogP contribution in [0.25, 0.3) is 22.6 Å². The van der Waals surface area contributed by atoms with Crippen LogP contribution in [0.15, 0.2) is 94.5 Å². The molecule has 0 aliphatic carbocycles. The van der Waals surface area contributed by atoms with Gasteiger partial charge < -0.3 is 23.5 Å². The molecule has 0 bridgehead atoms. The molecule has 13 heteroatoms. The van der Waals surface area contributed by atoms with Crippen LogP contribution in [0.2, 0.25) is 0 Å². The van der Waals surface area contributed by atoms with E-state index in [-0.39, 0.29) is 35.6 Å². The zero-order valence-electron chi connectivity index (χ0n) is 24.5. The number of nitrogens with zero attached hydrogens (tertiary/aromatic N) is 5. The van der Waals surface area contributed by atoms with Crippen molar-refractivity contribution in [2.24, 2.45) is 0 Å². The second kappa shape index (κ2) is 13.1. The quantitative estimate of drug-likeness (QED) is 0.175. The van der Waals surface area contributed by atoms with Crippen LogP contribution in [0.4, 0.5) is 0 Å². The summed E-state index contributed by atoms with van der Waals surface area (Å²) in [4.78, 5) is 62.2. The van der Waals surface area contributed by atoms with Crippen molar-refractivity contribution in [1.82, 2.24) is 19.1 Å². The summed E-state index contributed by atoms with van der Waals surface area (Å²) in [5.74, 6) is -1.36. The van der Waals surface area contributed by atoms with Crippen LogP contribution < -0.4 is 11.2 Å². The van der Waals surface area contributed by atoms with Crippen LogP contribution in [0, 0.1) is 11.3 Å². The van der Waals surface area contributed by atoms with E-state index in [2.05, 4.69) is 16.0 Å². The van der Waals surface area contributed by atoms with Gasteiger partial charge in [-0.1, -0.05) is 48.5 Å². The molecule has 0 aromatic heterocycles. The number of aryl methyl sites for hydroxylation is 1. The van der Waals surface area contributed by atoms with Crippen molar-refractivity contribution in [1.29, 1.82) is 5.26 Å². The van der Waals surface area contributed by atoms with Crippen LogP contribution in [0.3, 0.4) is 0 Å². The minimum atomic E-state index is -1.43. The summed E-state index contributed by atoms with van der Waals surface area (Å²) < 4.78 is 25.5. The molecule has 3 heterocycles. The van der Waals surface area contributed by atoms with Crippen LogP contribution in [0.5, 0.6) is 0 Å². The first-order chi connectivity index (χ1) is 22.4. The molecular formula is C33H27N5O8. The summed E-state index contributed by atoms with van der Waals surface area (Å²) in [7, 11) is 1.31. The SMILES string of the molecule is CO[C@@H]1[C@H](OC(=O)c2ccccc2)[C@@H](COC(=O)c2ccccc2)O[C@H]1n1c(=O)nc2n(CCC#N)c3ccccc3nc-2c1=O. The molecule has 13 nitrogen and oxygen atoms in total. The number of ether oxygens (including phenoxy) is 4. The third-order valence-electron chi connectivity index (χ3n) is 7.60. The van der Waals surface area contributed by atoms with Crippen molar-refractivity contribution in [3.63, 3.8) is 0 Å². The predicted molar refractivity (Wildman–Crippen MR) is 162 cm³/mol. The third-order valence-corrected chi connectivity index (χ3v) is 7.60. The summed E-state index contributed by atoms with van der Waals surface area (Å²) in [6, 6.07) is 25.5. The highest BCUT2D eigenvalue weighted by atomic mass is 16.6. The maximum atomic E-state index is 14.0. The predicted octanol–water partition coefficient (Wildman–Crippen LogP) is 2.97. The average molecular weight is 622 g/mol. The fraction of sp³-hybridized carbons (Fsp3) is 0.242. The van der Waals surface area contributed by atoms with E-state index in [1.165, 1.54) is 7.11 Å². The lowest BCUT2D eigenvalue weighted by Gasteiger charge is -2.24. The average Bonchev–Trinajstić information content (AvgIpc) is 3.42. The summed E-state index contributed by atoms with van der Waals surface area (Å²) in [6.45, 7) is -0.225. The van der Waals surface area contributed by atoms with Gasteiger partial charge in [0.05, 0.1) is 34.7 Å². The molecule has 46 heavy (non-hydrogen) atoms. The normalized spacial score (nSPS) is 19.1. The van der Waals surface area contributed by atoms with E-state index in [1.807, 2.05) is 0 Å². The van der Waals surface area contributed by atoms with Crippen LogP contribution in [-0.2, 0) is 25.5 Å². The fourth-order valence-corrected chi connectivity index (χ4v) is 5.44. The van der Waals surface area contributed by atoms with Crippen molar-refractivity contribution >= 4 is 23.0 Å². The van der Waals surface area contributed by atoms with Crippen LogP contribution in [0.1, 0.15) is 33.4 Å². The number of hydrogen-bond acceptors (Lipinski definition) is 11. The Morgan fingerprint density at radius 1 is 0.891 bits per heavy atom. The number of methoxy groups -OCH3 is 1. The van der Waals surface area contributed by atoms with E-state index < -0.39 is 54.3 Å². The molecule has 1 saturated heterocycles. The van der Waals surface area contributed by atoms with Gasteiger partial charge in [-0.3, -0.25) is 4.79 Å². The van der Waals surface area contributed by atoms with Crippen molar-refractivity contribution in [2.45, 2.75) is 37.5 Å². The lowest BCUT2D eigenvalue weighted by atomic mass is 10.1. The molecule has 0 N–H and O–H groups in total. The van der Waals surface area contributed by atoms with Crippen LogP contribution >= 0.6 is 0 Å². The lowest BCUT2D eigenvalue weighted by Crippen LogP contribution is -2.46. The smallest absolute Gasteiger partial charge is 0.354 e. The number of para-hydroxylation sites is 2. The number of nitriles is 1. The Balaban J connectivity index is 1.41. The molecule has 232 valence electrons. The Hall–Kier alpha value is -5.71. The number of fused-ring (bicyclic) bond motifs is 2. The third kappa shape index (κ3) is 5.74. The second-order valence-corrected chi connectivity index (χ2v) is 10.4. The van der Waals surface area contributed by atoms with Crippen molar-refractivity contribution in [2.75, 3.05) is 13.7 Å². The zero-order valence-corrected chi connectivity index (χ0v) is 24.5. The standard InChI is InChI=1S/C33H27N5O8/c1-43-27-26(46-32(41)21-13-6-3-7-14-21)24(19-44-31(40)20-11-4-2-5-12-20)45-30(27)38-29(39)25-28(36-33(38)42)37(18-10-17-34)23-16-9-8-15-22(23)35-25/h2-9,11-16,24,26-27,30H,10,18-19H2,1H3/t24-,26-,27-,30-/m1/s1. The number of rotatable bonds is 9. The molecule has 0 spiro atoms. The number of carbonyl (C=O) groups is 2. The molecule has 4 atom stereocenters. The molecule has 6 rings (SSSR count). The minimum absolute atomic E-state index is 0.00700. The van der Waals surface area contributed by atoms with Gasteiger partial charge in [-0.15, -0.1) is 0 Å². The Labute approximate surface area is 261 Å². The molecule has 3 aromatic carbocycles. The number of esters is 2. The van der Waals surface area contributed by atoms with Gasteiger partial charge in [0.2, 0.25) is 0 Å². The highest BCUT2D eigenvalue weighted by Crippen LogP contribution is 2.34. The fourth-order valence-electron chi connectivity index (χ4n) is 5.44. The van der Waals surface area contributed by atoms with E-state index in [4.69, 9.17) is 18.9 Å². The first-order valence-corrected chi connectivity index (χ1v) is 14.4. The molecule has 1 fully saturated rings. The number of benzene rings is 3. The van der Waals surface area contributed by atoms with Crippen molar-refractivity contribution in [3.05, 3.63) is 117 Å². The van der Waals surface area contributed by atoms with E-state index in [9.17, 15) is 24.4 Å². The van der Waals surface area contributed by atoms with Gasteiger partial charge in [0.1, 0.15) is 18.8 Å². The van der Waals surface area contributed by atoms with E-state index in [0.29, 0.717) is 11.0 Å². The Morgan fingerprint density at radius 2 is 1.54 bits per heavy atom. The minimum Gasteiger partial charge on any atom is -0.459 e. The summed E-state index contributed by atoms with van der Waals surface area (Å²) in [5.41, 5.74) is -0.351. The van der Waals surface area contributed by atoms with Gasteiger partial charge in [-0.25, -0.2) is 23.9 Å².